The average molecular weight is 565 g/mol. The number of H-pyrrole nitrogens is 2. The average Bonchev–Trinajstić information content (AvgIpc) is 3.63. The number of rotatable bonds is 7. The second-order valence-corrected chi connectivity index (χ2v) is 12.1. The van der Waals surface area contributed by atoms with Crippen molar-refractivity contribution in [3.8, 4) is 17.0 Å². The van der Waals surface area contributed by atoms with Gasteiger partial charge in [0, 0.05) is 72.1 Å². The van der Waals surface area contributed by atoms with Gasteiger partial charge in [0.1, 0.15) is 29.0 Å². The van der Waals surface area contributed by atoms with Crippen molar-refractivity contribution in [2.75, 3.05) is 51.7 Å². The number of anilines is 1. The van der Waals surface area contributed by atoms with Gasteiger partial charge in [-0.3, -0.25) is 9.89 Å². The zero-order valence-corrected chi connectivity index (χ0v) is 24.3. The van der Waals surface area contributed by atoms with Crippen LogP contribution in [0.4, 0.5) is 5.82 Å². The maximum atomic E-state index is 12.4. The molecule has 1 aromatic carbocycles. The van der Waals surface area contributed by atoms with Crippen LogP contribution in [0, 0.1) is 5.41 Å². The van der Waals surface area contributed by atoms with Crippen LogP contribution in [0.25, 0.3) is 33.2 Å². The largest absolute Gasteiger partial charge is 0.486 e. The van der Waals surface area contributed by atoms with E-state index in [1.165, 1.54) is 0 Å². The molecule has 216 valence electrons. The van der Waals surface area contributed by atoms with Crippen LogP contribution in [0.1, 0.15) is 31.4 Å². The molecule has 1 amide bonds. The molecule has 5 aromatic rings. The van der Waals surface area contributed by atoms with E-state index in [0.29, 0.717) is 12.0 Å². The van der Waals surface area contributed by atoms with E-state index in [1.54, 1.807) is 6.20 Å². The number of likely N-dealkylation sites (tertiary alicyclic amines) is 1. The molecule has 1 spiro atoms. The van der Waals surface area contributed by atoms with Gasteiger partial charge in [0.05, 0.1) is 12.1 Å². The molecule has 2 saturated heterocycles. The van der Waals surface area contributed by atoms with E-state index in [2.05, 4.69) is 44.1 Å². The van der Waals surface area contributed by atoms with Crippen molar-refractivity contribution < 1.29 is 9.53 Å². The Hall–Kier alpha value is -4.44. The summed E-state index contributed by atoms with van der Waals surface area (Å²) in [6.07, 6.45) is 7.58. The lowest BCUT2D eigenvalue weighted by atomic mass is 9.72. The van der Waals surface area contributed by atoms with E-state index in [1.807, 2.05) is 66.6 Å². The number of piperidine rings is 1. The number of hydrogen-bond donors (Lipinski definition) is 2. The number of benzene rings is 1. The maximum Gasteiger partial charge on any atom is 0.236 e. The Morgan fingerprint density at radius 1 is 1.07 bits per heavy atom. The first-order valence-corrected chi connectivity index (χ1v) is 14.6. The Balaban J connectivity index is 1.02. The molecule has 1 atom stereocenters. The first-order valence-electron chi connectivity index (χ1n) is 14.6. The smallest absolute Gasteiger partial charge is 0.236 e. The number of aromatic nitrogens is 5. The number of nitrogens with zero attached hydrogens (tertiary/aromatic N) is 6. The van der Waals surface area contributed by atoms with Gasteiger partial charge in [-0.05, 0) is 76.3 Å². The first kappa shape index (κ1) is 26.5. The van der Waals surface area contributed by atoms with Crippen LogP contribution < -0.4 is 9.64 Å². The Labute approximate surface area is 244 Å². The van der Waals surface area contributed by atoms with Gasteiger partial charge in [-0.2, -0.15) is 5.10 Å². The normalized spacial score (nSPS) is 17.2. The summed E-state index contributed by atoms with van der Waals surface area (Å²) >= 11 is 0. The van der Waals surface area contributed by atoms with Crippen molar-refractivity contribution in [2.24, 2.45) is 5.41 Å². The molecule has 0 aliphatic carbocycles. The highest BCUT2D eigenvalue weighted by Gasteiger charge is 2.45. The number of hydrogen-bond acceptors (Lipinski definition) is 7. The molecule has 0 bridgehead atoms. The number of fused-ring (bicyclic) bond motifs is 2. The Morgan fingerprint density at radius 2 is 1.90 bits per heavy atom. The highest BCUT2D eigenvalue weighted by atomic mass is 16.5. The molecule has 2 aliphatic heterocycles. The highest BCUT2D eigenvalue weighted by molar-refractivity contribution is 5.93. The van der Waals surface area contributed by atoms with Crippen molar-refractivity contribution in [3.63, 3.8) is 0 Å². The minimum atomic E-state index is -0.148. The van der Waals surface area contributed by atoms with E-state index in [9.17, 15) is 4.79 Å². The number of ether oxygens (including phenoxy) is 1. The number of likely N-dealkylation sites (N-methyl/N-ethyl adjacent to an activating group) is 1. The lowest BCUT2D eigenvalue weighted by Gasteiger charge is -2.54. The van der Waals surface area contributed by atoms with Gasteiger partial charge in [-0.15, -0.1) is 0 Å². The van der Waals surface area contributed by atoms with Crippen LogP contribution in [0.3, 0.4) is 0 Å². The SMILES string of the molecule is CC(Oc1ccc2[nH]nc(-c3ccc(N4CC5(CCN(C(=O)CN(C)C)CC5)C4)nc3)c2c1)c1ccnc2[nH]ccc12. The number of pyridine rings is 2. The van der Waals surface area contributed by atoms with E-state index >= 15 is 0 Å². The molecule has 1 unspecified atom stereocenters. The molecule has 42 heavy (non-hydrogen) atoms. The van der Waals surface area contributed by atoms with E-state index in [0.717, 1.165) is 89.3 Å². The van der Waals surface area contributed by atoms with Crippen LogP contribution in [-0.4, -0.2) is 87.7 Å². The highest BCUT2D eigenvalue weighted by Crippen LogP contribution is 2.42. The second-order valence-electron chi connectivity index (χ2n) is 12.1. The fourth-order valence-corrected chi connectivity index (χ4v) is 6.45. The Kier molecular flexibility index (Phi) is 6.57. The Bertz CT molecular complexity index is 1720. The predicted octanol–water partition coefficient (Wildman–Crippen LogP) is 4.63. The van der Waals surface area contributed by atoms with E-state index in [-0.39, 0.29) is 12.0 Å². The molecule has 0 radical (unpaired) electrons. The zero-order chi connectivity index (χ0) is 28.8. The van der Waals surface area contributed by atoms with Crippen molar-refractivity contribution in [1.29, 1.82) is 0 Å². The van der Waals surface area contributed by atoms with Gasteiger partial charge >= 0.3 is 0 Å². The standard InChI is InChI=1S/C32H36N8O2/c1-21(24-8-12-33-31-25(24)9-13-34-31)42-23-5-6-27-26(16-23)30(37-36-27)22-4-7-28(35-17-22)40-19-32(20-40)10-14-39(15-11-32)29(41)18-38(2)3/h4-9,12-13,16-17,21H,10-11,14-15,18-20H2,1-3H3,(H,33,34)(H,36,37). The van der Waals surface area contributed by atoms with Gasteiger partial charge in [0.15, 0.2) is 0 Å². The molecule has 7 rings (SSSR count). The predicted molar refractivity (Wildman–Crippen MR) is 163 cm³/mol. The molecule has 10 nitrogen and oxygen atoms in total. The lowest BCUT2D eigenvalue weighted by molar-refractivity contribution is -0.134. The summed E-state index contributed by atoms with van der Waals surface area (Å²) in [5.41, 5.74) is 5.01. The van der Waals surface area contributed by atoms with Crippen LogP contribution in [0.2, 0.25) is 0 Å². The molecule has 2 aliphatic rings. The van der Waals surface area contributed by atoms with Crippen LogP contribution in [0.15, 0.2) is 61.1 Å². The van der Waals surface area contributed by atoms with Crippen molar-refractivity contribution in [1.82, 2.24) is 34.9 Å². The number of carbonyl (C=O) groups excluding carboxylic acids is 1. The van der Waals surface area contributed by atoms with Gasteiger partial charge in [0.2, 0.25) is 5.91 Å². The van der Waals surface area contributed by atoms with Crippen molar-refractivity contribution >= 4 is 33.7 Å². The topological polar surface area (TPSA) is 106 Å². The lowest BCUT2D eigenvalue weighted by Crippen LogP contribution is -2.61. The Morgan fingerprint density at radius 3 is 2.67 bits per heavy atom. The molecule has 4 aromatic heterocycles. The zero-order valence-electron chi connectivity index (χ0n) is 24.3. The van der Waals surface area contributed by atoms with Crippen LogP contribution >= 0.6 is 0 Å². The number of amides is 1. The molecular weight excluding hydrogens is 528 g/mol. The number of aromatic amines is 2. The molecule has 10 heteroatoms. The minimum absolute atomic E-state index is 0.148. The third-order valence-corrected chi connectivity index (χ3v) is 8.81. The van der Waals surface area contributed by atoms with Crippen molar-refractivity contribution in [3.05, 3.63) is 66.6 Å². The van der Waals surface area contributed by atoms with Gasteiger partial charge in [-0.1, -0.05) is 0 Å². The number of nitrogens with one attached hydrogen (secondary N) is 2. The summed E-state index contributed by atoms with van der Waals surface area (Å²) in [7, 11) is 3.88. The minimum Gasteiger partial charge on any atom is -0.486 e. The second kappa shape index (κ2) is 10.4. The van der Waals surface area contributed by atoms with Gasteiger partial charge in [0.25, 0.3) is 0 Å². The number of carbonyl (C=O) groups is 1. The summed E-state index contributed by atoms with van der Waals surface area (Å²) < 4.78 is 6.38. The monoisotopic (exact) mass is 564 g/mol. The quantitative estimate of drug-likeness (QED) is 0.297. The first-order chi connectivity index (χ1) is 20.4. The third-order valence-electron chi connectivity index (χ3n) is 8.81. The van der Waals surface area contributed by atoms with E-state index < -0.39 is 0 Å². The summed E-state index contributed by atoms with van der Waals surface area (Å²) in [4.78, 5) is 31.1. The fraction of sp³-hybridized carbons (Fsp3) is 0.375. The summed E-state index contributed by atoms with van der Waals surface area (Å²) in [5, 5.41) is 9.82. The molecular formula is C32H36N8O2. The molecule has 0 saturated carbocycles. The molecule has 6 heterocycles. The van der Waals surface area contributed by atoms with E-state index in [4.69, 9.17) is 9.72 Å². The fourth-order valence-electron chi connectivity index (χ4n) is 6.45. The third kappa shape index (κ3) is 4.85. The molecule has 2 fully saturated rings. The summed E-state index contributed by atoms with van der Waals surface area (Å²) in [5.74, 6) is 2.00. The summed E-state index contributed by atoms with van der Waals surface area (Å²) in [6, 6.07) is 14.2. The summed E-state index contributed by atoms with van der Waals surface area (Å²) in [6.45, 7) is 6.22. The van der Waals surface area contributed by atoms with Crippen molar-refractivity contribution in [2.45, 2.75) is 25.9 Å². The van der Waals surface area contributed by atoms with Gasteiger partial charge in [-0.25, -0.2) is 9.97 Å². The van der Waals surface area contributed by atoms with Crippen LogP contribution in [0.5, 0.6) is 5.75 Å². The van der Waals surface area contributed by atoms with Crippen LogP contribution in [-0.2, 0) is 4.79 Å². The van der Waals surface area contributed by atoms with Gasteiger partial charge < -0.3 is 24.4 Å². The molecule has 2 N–H and O–H groups in total. The maximum absolute atomic E-state index is 12.4.